The van der Waals surface area contributed by atoms with Gasteiger partial charge in [0.2, 0.25) is 0 Å². The molecule has 1 N–H and O–H groups in total. The molecule has 9 heteroatoms. The highest BCUT2D eigenvalue weighted by Gasteiger charge is 2.33. The Hall–Kier alpha value is -3.30. The minimum Gasteiger partial charge on any atom is -0.318 e. The first-order valence-corrected chi connectivity index (χ1v) is 12.1. The van der Waals surface area contributed by atoms with E-state index in [1.165, 1.54) is 11.8 Å². The number of nitrogens with zero attached hydrogens (tertiary/aromatic N) is 3. The van der Waals surface area contributed by atoms with Crippen molar-refractivity contribution in [2.24, 2.45) is 4.40 Å². The standard InChI is InChI=1S/C22H18N4O3S2/c27-21(23-26(17-7-3-1-4-8-17)18-9-5-2-6-10-18)16-11-12-19-20(15-16)30-22-24-31(28,29)14-13-25(19)22/h1-12,15H,13-14H2,(H,23,27). The summed E-state index contributed by atoms with van der Waals surface area (Å²) in [5.41, 5.74) is 5.99. The van der Waals surface area contributed by atoms with E-state index < -0.39 is 10.0 Å². The van der Waals surface area contributed by atoms with Crippen LogP contribution in [0.4, 0.5) is 17.1 Å². The molecular weight excluding hydrogens is 432 g/mol. The molecule has 1 amide bonds. The average Bonchev–Trinajstić information content (AvgIpc) is 3.13. The first kappa shape index (κ1) is 19.7. The van der Waals surface area contributed by atoms with Crippen LogP contribution in [0, 0.1) is 0 Å². The Morgan fingerprint density at radius 1 is 0.968 bits per heavy atom. The Kier molecular flexibility index (Phi) is 4.91. The lowest BCUT2D eigenvalue weighted by molar-refractivity contribution is 0.0953. The van der Waals surface area contributed by atoms with Gasteiger partial charge in [-0.3, -0.25) is 15.2 Å². The van der Waals surface area contributed by atoms with Crippen molar-refractivity contribution in [3.63, 3.8) is 0 Å². The van der Waals surface area contributed by atoms with Crippen LogP contribution in [0.15, 0.2) is 88.2 Å². The third-order valence-electron chi connectivity index (χ3n) is 4.98. The number of fused-ring (bicyclic) bond motifs is 3. The van der Waals surface area contributed by atoms with E-state index in [9.17, 15) is 13.2 Å². The molecule has 0 unspecified atom stereocenters. The summed E-state index contributed by atoms with van der Waals surface area (Å²) in [6, 6.07) is 24.5. The molecule has 7 nitrogen and oxygen atoms in total. The van der Waals surface area contributed by atoms with Crippen molar-refractivity contribution in [2.45, 2.75) is 4.90 Å². The topological polar surface area (TPSA) is 82.1 Å². The van der Waals surface area contributed by atoms with Gasteiger partial charge in [0.15, 0.2) is 5.17 Å². The lowest BCUT2D eigenvalue weighted by Crippen LogP contribution is -2.39. The van der Waals surface area contributed by atoms with Gasteiger partial charge in [0.1, 0.15) is 0 Å². The van der Waals surface area contributed by atoms with Crippen LogP contribution in [0.5, 0.6) is 0 Å². The van der Waals surface area contributed by atoms with Gasteiger partial charge in [-0.2, -0.15) is 0 Å². The number of hydrogen-bond donors (Lipinski definition) is 1. The number of hydrogen-bond acceptors (Lipinski definition) is 6. The normalized spacial score (nSPS) is 16.1. The second-order valence-corrected chi connectivity index (χ2v) is 9.81. The molecule has 0 saturated carbocycles. The smallest absolute Gasteiger partial charge is 0.270 e. The monoisotopic (exact) mass is 450 g/mol. The summed E-state index contributed by atoms with van der Waals surface area (Å²) >= 11 is 1.27. The molecule has 3 aromatic carbocycles. The minimum absolute atomic E-state index is 0.0121. The third kappa shape index (κ3) is 3.89. The number of carbonyl (C=O) groups excluding carboxylic acids is 1. The van der Waals surface area contributed by atoms with Crippen LogP contribution in [0.3, 0.4) is 0 Å². The van der Waals surface area contributed by atoms with Crippen LogP contribution in [-0.2, 0) is 10.0 Å². The molecule has 0 fully saturated rings. The molecule has 2 aliphatic rings. The van der Waals surface area contributed by atoms with E-state index in [1.807, 2.05) is 71.6 Å². The highest BCUT2D eigenvalue weighted by atomic mass is 32.2. The second kappa shape index (κ2) is 7.75. The van der Waals surface area contributed by atoms with Gasteiger partial charge in [-0.05, 0) is 54.2 Å². The molecular formula is C22H18N4O3S2. The molecule has 0 atom stereocenters. The summed E-state index contributed by atoms with van der Waals surface area (Å²) in [5.74, 6) is -0.280. The highest BCUT2D eigenvalue weighted by Crippen LogP contribution is 2.42. The predicted octanol–water partition coefficient (Wildman–Crippen LogP) is 3.78. The fraction of sp³-hybridized carbons (Fsp3) is 0.0909. The maximum absolute atomic E-state index is 13.1. The van der Waals surface area contributed by atoms with Gasteiger partial charge in [0, 0.05) is 17.0 Å². The summed E-state index contributed by atoms with van der Waals surface area (Å²) in [5, 5.41) is 2.18. The number of rotatable bonds is 4. The largest absolute Gasteiger partial charge is 0.318 e. The molecule has 0 aliphatic carbocycles. The summed E-state index contributed by atoms with van der Waals surface area (Å²) in [7, 11) is -3.42. The average molecular weight is 451 g/mol. The predicted molar refractivity (Wildman–Crippen MR) is 123 cm³/mol. The number of anilines is 3. The summed E-state index contributed by atoms with van der Waals surface area (Å²) in [4.78, 5) is 15.8. The molecule has 0 spiro atoms. The molecule has 0 saturated heterocycles. The zero-order valence-corrected chi connectivity index (χ0v) is 17.9. The number of benzene rings is 3. The van der Waals surface area contributed by atoms with E-state index in [1.54, 1.807) is 17.1 Å². The van der Waals surface area contributed by atoms with Crippen molar-refractivity contribution in [3.05, 3.63) is 84.4 Å². The number of thioether (sulfide) groups is 1. The number of amides is 1. The van der Waals surface area contributed by atoms with Crippen LogP contribution < -0.4 is 15.3 Å². The number of carbonyl (C=O) groups is 1. The van der Waals surface area contributed by atoms with Crippen LogP contribution >= 0.6 is 11.8 Å². The molecule has 2 aliphatic heterocycles. The summed E-state index contributed by atoms with van der Waals surface area (Å²) in [6.07, 6.45) is 0. The Labute approximate surface area is 184 Å². The van der Waals surface area contributed by atoms with Crippen molar-refractivity contribution < 1.29 is 13.2 Å². The fourth-order valence-electron chi connectivity index (χ4n) is 3.47. The number of hydrazine groups is 1. The Bertz CT molecular complexity index is 1240. The number of amidine groups is 1. The zero-order chi connectivity index (χ0) is 21.4. The molecule has 5 rings (SSSR count). The van der Waals surface area contributed by atoms with Crippen LogP contribution in [0.2, 0.25) is 0 Å². The fourth-order valence-corrected chi connectivity index (χ4v) is 5.77. The minimum atomic E-state index is -3.42. The first-order valence-electron chi connectivity index (χ1n) is 9.63. The number of nitrogens with one attached hydrogen (secondary N) is 1. The molecule has 3 aromatic rings. The zero-order valence-electron chi connectivity index (χ0n) is 16.3. The van der Waals surface area contributed by atoms with Gasteiger partial charge in [0.05, 0.1) is 22.8 Å². The van der Waals surface area contributed by atoms with Crippen LogP contribution in [0.1, 0.15) is 10.4 Å². The van der Waals surface area contributed by atoms with Gasteiger partial charge in [0.25, 0.3) is 15.9 Å². The van der Waals surface area contributed by atoms with Crippen molar-refractivity contribution >= 4 is 49.9 Å². The van der Waals surface area contributed by atoms with Gasteiger partial charge in [-0.15, -0.1) is 4.40 Å². The quantitative estimate of drug-likeness (QED) is 0.609. The maximum Gasteiger partial charge on any atom is 0.270 e. The molecule has 2 heterocycles. The van der Waals surface area contributed by atoms with Gasteiger partial charge < -0.3 is 4.90 Å². The van der Waals surface area contributed by atoms with Gasteiger partial charge in [-0.1, -0.05) is 36.4 Å². The van der Waals surface area contributed by atoms with Crippen molar-refractivity contribution in [1.29, 1.82) is 0 Å². The SMILES string of the molecule is O=C(NN(c1ccccc1)c1ccccc1)c1ccc2c(c1)SC1=NS(=O)(=O)CCN12. The molecule has 0 aromatic heterocycles. The second-order valence-electron chi connectivity index (χ2n) is 7.04. The van der Waals surface area contributed by atoms with Crippen LogP contribution in [0.25, 0.3) is 0 Å². The van der Waals surface area contributed by atoms with E-state index in [-0.39, 0.29) is 11.7 Å². The molecule has 0 radical (unpaired) electrons. The number of sulfonamides is 1. The maximum atomic E-state index is 13.1. The van der Waals surface area contributed by atoms with E-state index in [0.29, 0.717) is 17.3 Å². The van der Waals surface area contributed by atoms with E-state index in [4.69, 9.17) is 0 Å². The first-order chi connectivity index (χ1) is 15.0. The molecule has 156 valence electrons. The lowest BCUT2D eigenvalue weighted by Gasteiger charge is -2.25. The van der Waals surface area contributed by atoms with Gasteiger partial charge in [-0.25, -0.2) is 8.42 Å². The van der Waals surface area contributed by atoms with Crippen molar-refractivity contribution in [2.75, 3.05) is 22.2 Å². The van der Waals surface area contributed by atoms with E-state index in [0.717, 1.165) is 22.0 Å². The molecule has 31 heavy (non-hydrogen) atoms. The van der Waals surface area contributed by atoms with Crippen LogP contribution in [-0.4, -0.2) is 31.8 Å². The number of para-hydroxylation sites is 2. The van der Waals surface area contributed by atoms with E-state index >= 15 is 0 Å². The van der Waals surface area contributed by atoms with E-state index in [2.05, 4.69) is 9.82 Å². The van der Waals surface area contributed by atoms with Gasteiger partial charge >= 0.3 is 0 Å². The Morgan fingerprint density at radius 3 is 2.26 bits per heavy atom. The van der Waals surface area contributed by atoms with Crippen molar-refractivity contribution in [3.8, 4) is 0 Å². The summed E-state index contributed by atoms with van der Waals surface area (Å²) < 4.78 is 27.5. The summed E-state index contributed by atoms with van der Waals surface area (Å²) in [6.45, 7) is 0.364. The lowest BCUT2D eigenvalue weighted by atomic mass is 10.2. The van der Waals surface area contributed by atoms with Crippen molar-refractivity contribution in [1.82, 2.24) is 5.43 Å². The molecule has 0 bridgehead atoms. The Balaban J connectivity index is 1.43. The Morgan fingerprint density at radius 2 is 1.61 bits per heavy atom. The highest BCUT2D eigenvalue weighted by molar-refractivity contribution is 8.15. The third-order valence-corrected chi connectivity index (χ3v) is 7.28.